The maximum atomic E-state index is 12.1. The van der Waals surface area contributed by atoms with Gasteiger partial charge in [-0.05, 0) is 30.7 Å². The molecule has 17 heavy (non-hydrogen) atoms. The third-order valence-corrected chi connectivity index (χ3v) is 4.30. The first-order chi connectivity index (χ1) is 8.18. The van der Waals surface area contributed by atoms with Crippen molar-refractivity contribution in [3.05, 3.63) is 28.8 Å². The number of amides is 1. The fourth-order valence-electron chi connectivity index (χ4n) is 1.89. The zero-order valence-electron chi connectivity index (χ0n) is 9.41. The van der Waals surface area contributed by atoms with E-state index >= 15 is 0 Å². The van der Waals surface area contributed by atoms with Gasteiger partial charge in [-0.25, -0.2) is 0 Å². The van der Waals surface area contributed by atoms with Gasteiger partial charge in [-0.15, -0.1) is 0 Å². The lowest BCUT2D eigenvalue weighted by Crippen LogP contribution is -2.38. The average molecular weight is 271 g/mol. The van der Waals surface area contributed by atoms with Crippen LogP contribution in [0.3, 0.4) is 0 Å². The van der Waals surface area contributed by atoms with Gasteiger partial charge in [0.1, 0.15) is 0 Å². The molecule has 0 radical (unpaired) electrons. The van der Waals surface area contributed by atoms with Crippen LogP contribution < -0.4 is 11.1 Å². The first-order valence-corrected chi connectivity index (χ1v) is 7.14. The molecule has 5 heteroatoms. The third-order valence-electron chi connectivity index (χ3n) is 2.77. The average Bonchev–Trinajstić information content (AvgIpc) is 2.30. The zero-order chi connectivity index (χ0) is 12.3. The van der Waals surface area contributed by atoms with Gasteiger partial charge < -0.3 is 11.1 Å². The summed E-state index contributed by atoms with van der Waals surface area (Å²) in [6.07, 6.45) is 2.18. The maximum Gasteiger partial charge on any atom is 0.255 e. The van der Waals surface area contributed by atoms with Gasteiger partial charge in [0.25, 0.3) is 5.91 Å². The van der Waals surface area contributed by atoms with Gasteiger partial charge >= 0.3 is 0 Å². The van der Waals surface area contributed by atoms with E-state index in [4.69, 9.17) is 17.3 Å². The van der Waals surface area contributed by atoms with Crippen molar-refractivity contribution in [3.8, 4) is 0 Å². The lowest BCUT2D eigenvalue weighted by Gasteiger charge is -2.23. The molecule has 0 spiro atoms. The van der Waals surface area contributed by atoms with Crippen molar-refractivity contribution in [1.29, 1.82) is 0 Å². The number of carbonyl (C=O) groups excluding carboxylic acids is 1. The summed E-state index contributed by atoms with van der Waals surface area (Å²) in [5.41, 5.74) is 6.60. The molecule has 1 aromatic carbocycles. The highest BCUT2D eigenvalue weighted by molar-refractivity contribution is 7.99. The third kappa shape index (κ3) is 3.07. The van der Waals surface area contributed by atoms with E-state index in [2.05, 4.69) is 5.32 Å². The number of rotatable bonds is 2. The van der Waals surface area contributed by atoms with Crippen LogP contribution in [0.15, 0.2) is 18.2 Å². The number of anilines is 1. The first-order valence-electron chi connectivity index (χ1n) is 5.61. The molecule has 1 aliphatic heterocycles. The number of benzene rings is 1. The molecule has 1 aliphatic rings. The van der Waals surface area contributed by atoms with E-state index in [9.17, 15) is 4.79 Å². The molecule has 1 aromatic rings. The van der Waals surface area contributed by atoms with Gasteiger partial charge in [-0.2, -0.15) is 11.8 Å². The van der Waals surface area contributed by atoms with E-state index in [0.29, 0.717) is 16.3 Å². The summed E-state index contributed by atoms with van der Waals surface area (Å²) in [6, 6.07) is 5.35. The summed E-state index contributed by atoms with van der Waals surface area (Å²) < 4.78 is 0. The number of halogens is 1. The van der Waals surface area contributed by atoms with Gasteiger partial charge in [0.05, 0.1) is 10.6 Å². The van der Waals surface area contributed by atoms with Crippen molar-refractivity contribution in [1.82, 2.24) is 5.32 Å². The monoisotopic (exact) mass is 270 g/mol. The van der Waals surface area contributed by atoms with Crippen molar-refractivity contribution in [3.63, 3.8) is 0 Å². The van der Waals surface area contributed by atoms with E-state index in [1.54, 1.807) is 18.2 Å². The fourth-order valence-corrected chi connectivity index (χ4v) is 3.23. The zero-order valence-corrected chi connectivity index (χ0v) is 11.0. The Morgan fingerprint density at radius 3 is 3.00 bits per heavy atom. The van der Waals surface area contributed by atoms with Crippen molar-refractivity contribution >= 4 is 35.0 Å². The van der Waals surface area contributed by atoms with Crippen LogP contribution in [0.5, 0.6) is 0 Å². The van der Waals surface area contributed by atoms with E-state index in [-0.39, 0.29) is 11.9 Å². The molecule has 0 bridgehead atoms. The Morgan fingerprint density at radius 1 is 1.53 bits per heavy atom. The molecular weight excluding hydrogens is 256 g/mol. The minimum Gasteiger partial charge on any atom is -0.398 e. The molecule has 1 amide bonds. The SMILES string of the molecule is Nc1cccc(Cl)c1C(=O)NC1CCCSC1. The Balaban J connectivity index is 2.08. The lowest BCUT2D eigenvalue weighted by atomic mass is 10.1. The molecule has 92 valence electrons. The quantitative estimate of drug-likeness (QED) is 0.812. The molecule has 3 nitrogen and oxygen atoms in total. The number of nitrogens with two attached hydrogens (primary N) is 1. The molecule has 1 saturated heterocycles. The van der Waals surface area contributed by atoms with E-state index in [1.807, 2.05) is 11.8 Å². The van der Waals surface area contributed by atoms with Gasteiger partial charge in [0, 0.05) is 17.5 Å². The van der Waals surface area contributed by atoms with Gasteiger partial charge in [0.2, 0.25) is 0 Å². The van der Waals surface area contributed by atoms with Crippen molar-refractivity contribution in [2.24, 2.45) is 0 Å². The Kier molecular flexibility index (Phi) is 4.18. The van der Waals surface area contributed by atoms with Crippen LogP contribution in [0.1, 0.15) is 23.2 Å². The molecule has 0 saturated carbocycles. The molecule has 1 unspecified atom stereocenters. The molecule has 2 rings (SSSR count). The topological polar surface area (TPSA) is 55.1 Å². The fraction of sp³-hybridized carbons (Fsp3) is 0.417. The second-order valence-electron chi connectivity index (χ2n) is 4.09. The summed E-state index contributed by atoms with van der Waals surface area (Å²) in [4.78, 5) is 12.1. The highest BCUT2D eigenvalue weighted by Gasteiger charge is 2.19. The van der Waals surface area contributed by atoms with E-state index < -0.39 is 0 Å². The predicted molar refractivity (Wildman–Crippen MR) is 73.7 cm³/mol. The van der Waals surface area contributed by atoms with Crippen LogP contribution >= 0.6 is 23.4 Å². The minimum atomic E-state index is -0.166. The van der Waals surface area contributed by atoms with Crippen LogP contribution in [0, 0.1) is 0 Å². The Morgan fingerprint density at radius 2 is 2.35 bits per heavy atom. The Hall–Kier alpha value is -0.870. The number of thioether (sulfide) groups is 1. The summed E-state index contributed by atoms with van der Waals surface area (Å²) in [5, 5.41) is 3.40. The maximum absolute atomic E-state index is 12.1. The Labute approximate surface area is 110 Å². The van der Waals surface area contributed by atoms with Crippen LogP contribution in [0.4, 0.5) is 5.69 Å². The van der Waals surface area contributed by atoms with Crippen LogP contribution in [0.2, 0.25) is 5.02 Å². The molecule has 3 N–H and O–H groups in total. The number of nitrogens with one attached hydrogen (secondary N) is 1. The lowest BCUT2D eigenvalue weighted by molar-refractivity contribution is 0.0939. The molecule has 1 fully saturated rings. The molecule has 1 heterocycles. The number of carbonyl (C=O) groups is 1. The summed E-state index contributed by atoms with van der Waals surface area (Å²) in [5.74, 6) is 1.98. The van der Waals surface area contributed by atoms with Gasteiger partial charge in [0.15, 0.2) is 0 Å². The number of nitrogen functional groups attached to an aromatic ring is 1. The first kappa shape index (κ1) is 12.6. The largest absolute Gasteiger partial charge is 0.398 e. The highest BCUT2D eigenvalue weighted by Crippen LogP contribution is 2.23. The molecule has 1 atom stereocenters. The van der Waals surface area contributed by atoms with Gasteiger partial charge in [-0.1, -0.05) is 17.7 Å². The van der Waals surface area contributed by atoms with Gasteiger partial charge in [-0.3, -0.25) is 4.79 Å². The molecule has 0 aromatic heterocycles. The Bertz CT molecular complexity index is 399. The summed E-state index contributed by atoms with van der Waals surface area (Å²) >= 11 is 7.87. The second-order valence-corrected chi connectivity index (χ2v) is 5.65. The number of hydrogen-bond acceptors (Lipinski definition) is 3. The van der Waals surface area contributed by atoms with Crippen molar-refractivity contribution in [2.75, 3.05) is 17.2 Å². The van der Waals surface area contributed by atoms with Crippen molar-refractivity contribution in [2.45, 2.75) is 18.9 Å². The van der Waals surface area contributed by atoms with Crippen LogP contribution in [0.25, 0.3) is 0 Å². The highest BCUT2D eigenvalue weighted by atomic mass is 35.5. The normalized spacial score (nSPS) is 19.9. The minimum absolute atomic E-state index is 0.166. The molecule has 0 aliphatic carbocycles. The number of hydrogen-bond donors (Lipinski definition) is 2. The van der Waals surface area contributed by atoms with Crippen LogP contribution in [-0.4, -0.2) is 23.5 Å². The standard InChI is InChI=1S/C12H15ClN2OS/c13-9-4-1-5-10(14)11(9)12(16)15-8-3-2-6-17-7-8/h1,4-5,8H,2-3,6-7,14H2,(H,15,16). The smallest absolute Gasteiger partial charge is 0.255 e. The van der Waals surface area contributed by atoms with Crippen LogP contribution in [-0.2, 0) is 0 Å². The van der Waals surface area contributed by atoms with Crippen molar-refractivity contribution < 1.29 is 4.79 Å². The van der Waals surface area contributed by atoms with E-state index in [0.717, 1.165) is 18.6 Å². The second kappa shape index (κ2) is 5.65. The van der Waals surface area contributed by atoms with E-state index in [1.165, 1.54) is 5.75 Å². The summed E-state index contributed by atoms with van der Waals surface area (Å²) in [6.45, 7) is 0. The summed E-state index contributed by atoms with van der Waals surface area (Å²) in [7, 11) is 0. The molecular formula is C12H15ClN2OS. The predicted octanol–water partition coefficient (Wildman–Crippen LogP) is 2.55.